The van der Waals surface area contributed by atoms with Crippen molar-refractivity contribution in [2.75, 3.05) is 17.7 Å². The molecule has 0 bridgehead atoms. The van der Waals surface area contributed by atoms with Gasteiger partial charge in [-0.15, -0.1) is 0 Å². The molecule has 1 aliphatic carbocycles. The number of hydrogen-bond donors (Lipinski definition) is 3. The van der Waals surface area contributed by atoms with Crippen molar-refractivity contribution in [3.05, 3.63) is 11.9 Å². The Labute approximate surface area is 108 Å². The van der Waals surface area contributed by atoms with Crippen molar-refractivity contribution in [1.29, 1.82) is 0 Å². The SMILES string of the molecule is CCc1c(N)ncnc1NC1CCCCC1CO. The van der Waals surface area contributed by atoms with Crippen molar-refractivity contribution in [3.63, 3.8) is 0 Å². The van der Waals surface area contributed by atoms with Crippen molar-refractivity contribution in [2.24, 2.45) is 5.92 Å². The molecule has 18 heavy (non-hydrogen) atoms. The van der Waals surface area contributed by atoms with E-state index in [4.69, 9.17) is 5.73 Å². The number of hydrogen-bond acceptors (Lipinski definition) is 5. The van der Waals surface area contributed by atoms with E-state index >= 15 is 0 Å². The van der Waals surface area contributed by atoms with Crippen LogP contribution in [0, 0.1) is 5.92 Å². The van der Waals surface area contributed by atoms with Crippen LogP contribution in [0.2, 0.25) is 0 Å². The molecule has 5 heteroatoms. The van der Waals surface area contributed by atoms with Gasteiger partial charge in [0.05, 0.1) is 0 Å². The summed E-state index contributed by atoms with van der Waals surface area (Å²) in [7, 11) is 0. The zero-order valence-corrected chi connectivity index (χ0v) is 10.9. The molecule has 4 N–H and O–H groups in total. The predicted octanol–water partition coefficient (Wildman–Crippen LogP) is 1.58. The average Bonchev–Trinajstić information content (AvgIpc) is 2.40. The largest absolute Gasteiger partial charge is 0.396 e. The lowest BCUT2D eigenvalue weighted by molar-refractivity contribution is 0.178. The molecule has 1 aromatic rings. The summed E-state index contributed by atoms with van der Waals surface area (Å²) in [6, 6.07) is 0.295. The minimum absolute atomic E-state index is 0.236. The highest BCUT2D eigenvalue weighted by atomic mass is 16.3. The van der Waals surface area contributed by atoms with E-state index < -0.39 is 0 Å². The first-order valence-corrected chi connectivity index (χ1v) is 6.73. The zero-order valence-electron chi connectivity index (χ0n) is 10.9. The van der Waals surface area contributed by atoms with E-state index in [1.54, 1.807) is 0 Å². The van der Waals surface area contributed by atoms with E-state index in [-0.39, 0.29) is 6.61 Å². The van der Waals surface area contributed by atoms with Gasteiger partial charge in [0.25, 0.3) is 0 Å². The Bertz CT molecular complexity index is 397. The second-order valence-corrected chi connectivity index (χ2v) is 4.92. The molecule has 100 valence electrons. The summed E-state index contributed by atoms with van der Waals surface area (Å²) < 4.78 is 0. The summed E-state index contributed by atoms with van der Waals surface area (Å²) in [5.74, 6) is 1.70. The highest BCUT2D eigenvalue weighted by Crippen LogP contribution is 2.28. The summed E-state index contributed by atoms with van der Waals surface area (Å²) in [5.41, 5.74) is 6.84. The second kappa shape index (κ2) is 6.00. The molecule has 1 saturated carbocycles. The Hall–Kier alpha value is -1.36. The first-order valence-electron chi connectivity index (χ1n) is 6.73. The van der Waals surface area contributed by atoms with Gasteiger partial charge < -0.3 is 16.2 Å². The van der Waals surface area contributed by atoms with Crippen LogP contribution >= 0.6 is 0 Å². The van der Waals surface area contributed by atoms with Crippen LogP contribution in [0.4, 0.5) is 11.6 Å². The molecule has 0 spiro atoms. The van der Waals surface area contributed by atoms with Gasteiger partial charge in [-0.2, -0.15) is 0 Å². The standard InChI is InChI=1S/C13H22N4O/c1-2-10-12(14)15-8-16-13(10)17-11-6-4-3-5-9(11)7-18/h8-9,11,18H,2-7H2,1H3,(H3,14,15,16,17). The smallest absolute Gasteiger partial charge is 0.134 e. The van der Waals surface area contributed by atoms with Crippen LogP contribution in [0.15, 0.2) is 6.33 Å². The maximum absolute atomic E-state index is 9.42. The molecule has 0 aromatic carbocycles. The minimum atomic E-state index is 0.236. The predicted molar refractivity (Wildman–Crippen MR) is 72.3 cm³/mol. The van der Waals surface area contributed by atoms with Gasteiger partial charge in [-0.05, 0) is 19.3 Å². The molecular formula is C13H22N4O. The van der Waals surface area contributed by atoms with E-state index in [0.29, 0.717) is 17.8 Å². The van der Waals surface area contributed by atoms with Crippen LogP contribution in [0.3, 0.4) is 0 Å². The molecule has 1 aliphatic rings. The van der Waals surface area contributed by atoms with Crippen LogP contribution in [0.5, 0.6) is 0 Å². The summed E-state index contributed by atoms with van der Waals surface area (Å²) >= 11 is 0. The molecule has 1 aromatic heterocycles. The monoisotopic (exact) mass is 250 g/mol. The zero-order chi connectivity index (χ0) is 13.0. The molecule has 0 aliphatic heterocycles. The normalized spacial score (nSPS) is 23.9. The molecule has 2 atom stereocenters. The van der Waals surface area contributed by atoms with Gasteiger partial charge in [-0.1, -0.05) is 19.8 Å². The van der Waals surface area contributed by atoms with Crippen molar-refractivity contribution in [3.8, 4) is 0 Å². The molecule has 5 nitrogen and oxygen atoms in total. The second-order valence-electron chi connectivity index (χ2n) is 4.92. The van der Waals surface area contributed by atoms with Gasteiger partial charge in [0.15, 0.2) is 0 Å². The topological polar surface area (TPSA) is 84.1 Å². The first-order chi connectivity index (χ1) is 8.76. The fourth-order valence-corrected chi connectivity index (χ4v) is 2.69. The van der Waals surface area contributed by atoms with Gasteiger partial charge in [-0.3, -0.25) is 0 Å². The third-order valence-electron chi connectivity index (χ3n) is 3.80. The van der Waals surface area contributed by atoms with Crippen LogP contribution in [0.1, 0.15) is 38.2 Å². The molecule has 0 radical (unpaired) electrons. The molecule has 1 fully saturated rings. The van der Waals surface area contributed by atoms with E-state index in [0.717, 1.165) is 30.6 Å². The summed E-state index contributed by atoms with van der Waals surface area (Å²) in [6.45, 7) is 2.28. The number of nitrogens with two attached hydrogens (primary N) is 1. The number of aromatic nitrogens is 2. The Morgan fingerprint density at radius 3 is 2.89 bits per heavy atom. The Kier molecular flexibility index (Phi) is 4.36. The number of anilines is 2. The molecule has 1 heterocycles. The van der Waals surface area contributed by atoms with Crippen LogP contribution in [-0.2, 0) is 6.42 Å². The van der Waals surface area contributed by atoms with Gasteiger partial charge in [-0.25, -0.2) is 9.97 Å². The van der Waals surface area contributed by atoms with Crippen molar-refractivity contribution in [2.45, 2.75) is 45.1 Å². The van der Waals surface area contributed by atoms with Crippen molar-refractivity contribution in [1.82, 2.24) is 9.97 Å². The van der Waals surface area contributed by atoms with E-state index in [1.807, 2.05) is 6.92 Å². The van der Waals surface area contributed by atoms with Gasteiger partial charge >= 0.3 is 0 Å². The van der Waals surface area contributed by atoms with E-state index in [1.165, 1.54) is 19.2 Å². The Morgan fingerprint density at radius 2 is 2.17 bits per heavy atom. The number of aliphatic hydroxyl groups is 1. The minimum Gasteiger partial charge on any atom is -0.396 e. The van der Waals surface area contributed by atoms with E-state index in [9.17, 15) is 5.11 Å². The lowest BCUT2D eigenvalue weighted by atomic mass is 9.85. The van der Waals surface area contributed by atoms with Gasteiger partial charge in [0, 0.05) is 24.1 Å². The Morgan fingerprint density at radius 1 is 1.39 bits per heavy atom. The fraction of sp³-hybridized carbons (Fsp3) is 0.692. The maximum atomic E-state index is 9.42. The highest BCUT2D eigenvalue weighted by Gasteiger charge is 2.25. The number of nitrogens with zero attached hydrogens (tertiary/aromatic N) is 2. The average molecular weight is 250 g/mol. The van der Waals surface area contributed by atoms with Crippen LogP contribution in [0.25, 0.3) is 0 Å². The van der Waals surface area contributed by atoms with Crippen LogP contribution < -0.4 is 11.1 Å². The molecular weight excluding hydrogens is 228 g/mol. The number of rotatable bonds is 4. The number of aliphatic hydroxyl groups excluding tert-OH is 1. The summed E-state index contributed by atoms with van der Waals surface area (Å²) in [6.07, 6.45) is 6.87. The first kappa shape index (κ1) is 13.1. The molecule has 0 saturated heterocycles. The van der Waals surface area contributed by atoms with Gasteiger partial charge in [0.2, 0.25) is 0 Å². The third-order valence-corrected chi connectivity index (χ3v) is 3.80. The maximum Gasteiger partial charge on any atom is 0.134 e. The highest BCUT2D eigenvalue weighted by molar-refractivity contribution is 5.55. The fourth-order valence-electron chi connectivity index (χ4n) is 2.69. The molecule has 2 rings (SSSR count). The number of nitrogens with one attached hydrogen (secondary N) is 1. The Balaban J connectivity index is 2.15. The third kappa shape index (κ3) is 2.72. The lowest BCUT2D eigenvalue weighted by Gasteiger charge is -2.31. The van der Waals surface area contributed by atoms with E-state index in [2.05, 4.69) is 15.3 Å². The number of nitrogen functional groups attached to an aromatic ring is 1. The van der Waals surface area contributed by atoms with Crippen LogP contribution in [-0.4, -0.2) is 27.7 Å². The van der Waals surface area contributed by atoms with Crippen molar-refractivity contribution >= 4 is 11.6 Å². The van der Waals surface area contributed by atoms with Gasteiger partial charge in [0.1, 0.15) is 18.0 Å². The lowest BCUT2D eigenvalue weighted by Crippen LogP contribution is -2.35. The molecule has 2 unspecified atom stereocenters. The molecule has 0 amide bonds. The summed E-state index contributed by atoms with van der Waals surface area (Å²) in [4.78, 5) is 8.31. The van der Waals surface area contributed by atoms with Crippen molar-refractivity contribution < 1.29 is 5.11 Å². The summed E-state index contributed by atoms with van der Waals surface area (Å²) in [5, 5.41) is 12.9. The quantitative estimate of drug-likeness (QED) is 0.755.